The Kier molecular flexibility index (Phi) is 5.28. The van der Waals surface area contributed by atoms with Gasteiger partial charge in [0.05, 0.1) is 16.3 Å². The number of hydrogen-bond donors (Lipinski definition) is 1. The van der Waals surface area contributed by atoms with Gasteiger partial charge in [-0.3, -0.25) is 4.79 Å². The lowest BCUT2D eigenvalue weighted by Gasteiger charge is -2.20. The van der Waals surface area contributed by atoms with Gasteiger partial charge < -0.3 is 14.8 Å². The molecule has 3 aromatic rings. The summed E-state index contributed by atoms with van der Waals surface area (Å²) in [6, 6.07) is 16.5. The summed E-state index contributed by atoms with van der Waals surface area (Å²) in [5.41, 5.74) is 0.594. The molecule has 1 amide bonds. The third-order valence-corrected chi connectivity index (χ3v) is 7.62. The molecule has 0 spiro atoms. The van der Waals surface area contributed by atoms with Crippen LogP contribution in [0.1, 0.15) is 23.2 Å². The first-order chi connectivity index (χ1) is 15.4. The van der Waals surface area contributed by atoms with Crippen LogP contribution in [0.3, 0.4) is 0 Å². The zero-order valence-corrected chi connectivity index (χ0v) is 18.4. The summed E-state index contributed by atoms with van der Waals surface area (Å²) in [4.78, 5) is 12.8. The van der Waals surface area contributed by atoms with Gasteiger partial charge in [-0.25, -0.2) is 8.42 Å². The molecule has 0 atom stereocenters. The number of fused-ring (bicyclic) bond motifs is 2. The molecule has 0 saturated carbocycles. The van der Waals surface area contributed by atoms with E-state index in [4.69, 9.17) is 21.1 Å². The topological polar surface area (TPSA) is 84.9 Å². The number of amides is 1. The van der Waals surface area contributed by atoms with Crippen LogP contribution < -0.4 is 14.8 Å². The van der Waals surface area contributed by atoms with Gasteiger partial charge in [0.25, 0.3) is 5.91 Å². The highest BCUT2D eigenvalue weighted by atomic mass is 35.5. The van der Waals surface area contributed by atoms with E-state index in [-0.39, 0.29) is 22.0 Å². The molecule has 2 aliphatic heterocycles. The average molecular weight is 471 g/mol. The van der Waals surface area contributed by atoms with Crippen molar-refractivity contribution in [3.63, 3.8) is 0 Å². The predicted octanol–water partition coefficient (Wildman–Crippen LogP) is 5.27. The number of para-hydroxylation sites is 3. The first kappa shape index (κ1) is 20.8. The molecule has 5 rings (SSSR count). The number of ether oxygens (including phenoxy) is 2. The van der Waals surface area contributed by atoms with E-state index in [9.17, 15) is 13.2 Å². The van der Waals surface area contributed by atoms with E-state index in [2.05, 4.69) is 5.32 Å². The molecule has 0 radical (unpaired) electrons. The van der Waals surface area contributed by atoms with Crippen LogP contribution in [0.5, 0.6) is 23.0 Å². The Labute approximate surface area is 190 Å². The quantitative estimate of drug-likeness (QED) is 0.561. The maximum Gasteiger partial charge on any atom is 0.259 e. The molecule has 2 aliphatic rings. The molecule has 1 saturated heterocycles. The van der Waals surface area contributed by atoms with Crippen molar-refractivity contribution >= 4 is 33.2 Å². The fraction of sp³-hybridized carbons (Fsp3) is 0.174. The first-order valence-electron chi connectivity index (χ1n) is 10.1. The Hall–Kier alpha value is -3.07. The summed E-state index contributed by atoms with van der Waals surface area (Å²) in [5.74, 6) is 0.502. The standard InChI is InChI=1S/C23H19ClN2O5S/c24-16-7-1-3-9-18(16)30-21-14-20-15(13-22(21)32(28,29)26-11-5-6-12-26)23(27)25-17-8-2-4-10-19(17)31-20/h1-4,7-10,13-14H,5-6,11-12H2,(H,25,27). The van der Waals surface area contributed by atoms with E-state index >= 15 is 0 Å². The molecule has 1 fully saturated rings. The third-order valence-electron chi connectivity index (χ3n) is 5.39. The molecular formula is C23H19ClN2O5S. The second-order valence-corrected chi connectivity index (χ2v) is 9.80. The number of nitrogens with zero attached hydrogens (tertiary/aromatic N) is 1. The van der Waals surface area contributed by atoms with Crippen LogP contribution in [0.25, 0.3) is 0 Å². The number of benzene rings is 3. The highest BCUT2D eigenvalue weighted by molar-refractivity contribution is 7.89. The Morgan fingerprint density at radius 3 is 2.44 bits per heavy atom. The number of hydrogen-bond acceptors (Lipinski definition) is 5. The van der Waals surface area contributed by atoms with E-state index in [0.29, 0.717) is 35.3 Å². The van der Waals surface area contributed by atoms with Crippen molar-refractivity contribution in [1.29, 1.82) is 0 Å². The summed E-state index contributed by atoms with van der Waals surface area (Å²) in [5, 5.41) is 3.10. The van der Waals surface area contributed by atoms with Gasteiger partial charge in [-0.15, -0.1) is 0 Å². The van der Waals surface area contributed by atoms with Gasteiger partial charge in [0.1, 0.15) is 16.4 Å². The summed E-state index contributed by atoms with van der Waals surface area (Å²) in [6.45, 7) is 0.832. The summed E-state index contributed by atoms with van der Waals surface area (Å²) in [7, 11) is -3.91. The van der Waals surface area contributed by atoms with Crippen LogP contribution in [-0.2, 0) is 10.0 Å². The Bertz CT molecular complexity index is 1320. The van der Waals surface area contributed by atoms with Crippen LogP contribution in [-0.4, -0.2) is 31.7 Å². The number of sulfonamides is 1. The number of carbonyl (C=O) groups is 1. The largest absolute Gasteiger partial charge is 0.454 e. The fourth-order valence-electron chi connectivity index (χ4n) is 3.77. The number of nitrogens with one attached hydrogen (secondary N) is 1. The second kappa shape index (κ2) is 8.12. The van der Waals surface area contributed by atoms with Crippen LogP contribution in [0, 0.1) is 0 Å². The zero-order chi connectivity index (χ0) is 22.3. The normalized spacial score (nSPS) is 15.8. The molecule has 0 unspecified atom stereocenters. The number of halogens is 1. The molecule has 0 aromatic heterocycles. The van der Waals surface area contributed by atoms with Gasteiger partial charge in [-0.1, -0.05) is 35.9 Å². The Morgan fingerprint density at radius 2 is 1.66 bits per heavy atom. The van der Waals surface area contributed by atoms with Gasteiger partial charge in [0.2, 0.25) is 10.0 Å². The predicted molar refractivity (Wildman–Crippen MR) is 120 cm³/mol. The smallest absolute Gasteiger partial charge is 0.259 e. The lowest BCUT2D eigenvalue weighted by molar-refractivity contribution is 0.102. The average Bonchev–Trinajstić information content (AvgIpc) is 3.28. The molecule has 1 N–H and O–H groups in total. The minimum atomic E-state index is -3.91. The summed E-state index contributed by atoms with van der Waals surface area (Å²) >= 11 is 6.25. The molecule has 9 heteroatoms. The van der Waals surface area contributed by atoms with Crippen molar-refractivity contribution < 1.29 is 22.7 Å². The fourth-order valence-corrected chi connectivity index (χ4v) is 5.58. The van der Waals surface area contributed by atoms with E-state index in [0.717, 1.165) is 12.8 Å². The van der Waals surface area contributed by atoms with E-state index in [1.807, 2.05) is 0 Å². The van der Waals surface area contributed by atoms with E-state index < -0.39 is 15.9 Å². The van der Waals surface area contributed by atoms with Crippen molar-refractivity contribution in [3.05, 3.63) is 71.2 Å². The maximum atomic E-state index is 13.5. The van der Waals surface area contributed by atoms with Crippen LogP contribution in [0.2, 0.25) is 5.02 Å². The highest BCUT2D eigenvalue weighted by Gasteiger charge is 2.33. The molecular weight excluding hydrogens is 452 g/mol. The molecule has 3 aromatic carbocycles. The monoisotopic (exact) mass is 470 g/mol. The molecule has 2 heterocycles. The van der Waals surface area contributed by atoms with Gasteiger partial charge in [-0.05, 0) is 43.2 Å². The second-order valence-electron chi connectivity index (χ2n) is 7.49. The summed E-state index contributed by atoms with van der Waals surface area (Å²) < 4.78 is 40.3. The van der Waals surface area contributed by atoms with Crippen molar-refractivity contribution in [1.82, 2.24) is 4.31 Å². The minimum absolute atomic E-state index is 0.0379. The van der Waals surface area contributed by atoms with E-state index in [1.54, 1.807) is 48.5 Å². The first-order valence-corrected chi connectivity index (χ1v) is 11.9. The minimum Gasteiger partial charge on any atom is -0.454 e. The number of rotatable bonds is 4. The molecule has 32 heavy (non-hydrogen) atoms. The zero-order valence-electron chi connectivity index (χ0n) is 16.9. The number of anilines is 1. The van der Waals surface area contributed by atoms with Crippen molar-refractivity contribution in [2.45, 2.75) is 17.7 Å². The summed E-state index contributed by atoms with van der Waals surface area (Å²) in [6.07, 6.45) is 1.56. The Morgan fingerprint density at radius 1 is 0.938 bits per heavy atom. The van der Waals surface area contributed by atoms with Crippen molar-refractivity contribution in [2.75, 3.05) is 18.4 Å². The van der Waals surface area contributed by atoms with Gasteiger partial charge in [0.15, 0.2) is 11.5 Å². The third kappa shape index (κ3) is 3.70. The SMILES string of the molecule is O=C1Nc2ccccc2Oc2cc(Oc3ccccc3Cl)c(S(=O)(=O)N3CCCC3)cc21. The lowest BCUT2D eigenvalue weighted by atomic mass is 10.1. The Balaban J connectivity index is 1.68. The van der Waals surface area contributed by atoms with Gasteiger partial charge >= 0.3 is 0 Å². The lowest BCUT2D eigenvalue weighted by Crippen LogP contribution is -2.28. The molecule has 0 aliphatic carbocycles. The van der Waals surface area contributed by atoms with E-state index in [1.165, 1.54) is 16.4 Å². The van der Waals surface area contributed by atoms with Gasteiger partial charge in [0, 0.05) is 19.2 Å². The van der Waals surface area contributed by atoms with Gasteiger partial charge in [-0.2, -0.15) is 4.31 Å². The van der Waals surface area contributed by atoms with Crippen LogP contribution in [0.15, 0.2) is 65.6 Å². The molecule has 0 bridgehead atoms. The molecule has 7 nitrogen and oxygen atoms in total. The van der Waals surface area contributed by atoms with Crippen LogP contribution in [0.4, 0.5) is 5.69 Å². The highest BCUT2D eigenvalue weighted by Crippen LogP contribution is 2.43. The van der Waals surface area contributed by atoms with Crippen molar-refractivity contribution in [2.24, 2.45) is 0 Å². The van der Waals surface area contributed by atoms with Crippen LogP contribution >= 0.6 is 11.6 Å². The number of carbonyl (C=O) groups excluding carboxylic acids is 1. The van der Waals surface area contributed by atoms with Crippen molar-refractivity contribution in [3.8, 4) is 23.0 Å². The molecule has 164 valence electrons. The maximum absolute atomic E-state index is 13.5.